The number of carbonyl (C=O) groups excluding carboxylic acids is 7. The van der Waals surface area contributed by atoms with Crippen LogP contribution in [0.15, 0.2) is 18.6 Å². The van der Waals surface area contributed by atoms with Gasteiger partial charge in [0.25, 0.3) is 11.8 Å². The molecule has 15 nitrogen and oxygen atoms in total. The number of nitrogens with two attached hydrogens (primary N) is 1. The summed E-state index contributed by atoms with van der Waals surface area (Å²) in [6.45, 7) is 8.55. The summed E-state index contributed by atoms with van der Waals surface area (Å²) in [5, 5.41) is 13.1. The molecule has 1 heterocycles. The molecule has 0 aliphatic heterocycles. The van der Waals surface area contributed by atoms with E-state index in [9.17, 15) is 33.6 Å². The fourth-order valence-corrected chi connectivity index (χ4v) is 5.59. The highest BCUT2D eigenvalue weighted by Gasteiger charge is 2.35. The molecule has 15 heteroatoms. The van der Waals surface area contributed by atoms with Gasteiger partial charge in [-0.2, -0.15) is 0 Å². The zero-order valence-corrected chi connectivity index (χ0v) is 28.7. The van der Waals surface area contributed by atoms with Gasteiger partial charge in [-0.3, -0.25) is 38.5 Å². The summed E-state index contributed by atoms with van der Waals surface area (Å²) in [6.07, 6.45) is 10.1. The van der Waals surface area contributed by atoms with Crippen LogP contribution in [0, 0.1) is 17.8 Å². The Labute approximate surface area is 282 Å². The molecule has 48 heavy (non-hydrogen) atoms. The number of primary amides is 1. The number of nitrogens with zero attached hydrogens (tertiary/aromatic N) is 2. The van der Waals surface area contributed by atoms with Gasteiger partial charge in [0.2, 0.25) is 29.4 Å². The number of nitrogens with one attached hydrogen (secondary N) is 5. The molecule has 1 saturated carbocycles. The van der Waals surface area contributed by atoms with Crippen molar-refractivity contribution in [2.75, 3.05) is 6.54 Å². The molecule has 1 aliphatic carbocycles. The standard InChI is InChI=1S/C33H52N8O7/c1-6-20(5)27(41-30(45)23(15-19(3)4)39-31(46)25-17-35-13-14-36-25)32(47)40-24(16-21-11-9-8-10-12-21)29(44)38-22(7-2)28(43)33(48)37-18-26(34)42/h13-14,17,19-24,27H,6-12,15-16,18H2,1-5H3,(H2,34,42)(H,37,48)(H,38,44)(H,39,46)(H,40,47)(H,41,45)/t20-,22+,23+,24+,27+/m1/s1. The first kappa shape index (κ1) is 39.7. The minimum atomic E-state index is -1.20. The number of Topliss-reactive ketones (excluding diaryl/α,β-unsaturated/α-hetero) is 1. The first-order chi connectivity index (χ1) is 22.8. The maximum absolute atomic E-state index is 13.9. The third kappa shape index (κ3) is 13.0. The second-order valence-corrected chi connectivity index (χ2v) is 12.9. The second kappa shape index (κ2) is 20.1. The third-order valence-corrected chi connectivity index (χ3v) is 8.53. The zero-order valence-electron chi connectivity index (χ0n) is 28.7. The minimum absolute atomic E-state index is 0.0226. The summed E-state index contributed by atoms with van der Waals surface area (Å²) in [4.78, 5) is 98.0. The van der Waals surface area contributed by atoms with E-state index < -0.39 is 71.9 Å². The van der Waals surface area contributed by atoms with Gasteiger partial charge in [0.05, 0.1) is 18.8 Å². The molecular formula is C33H52N8O7. The Kier molecular flexibility index (Phi) is 16.6. The van der Waals surface area contributed by atoms with Crippen molar-refractivity contribution >= 4 is 41.2 Å². The Bertz CT molecular complexity index is 1270. The monoisotopic (exact) mass is 672 g/mol. The molecule has 7 N–H and O–H groups in total. The van der Waals surface area contributed by atoms with E-state index >= 15 is 0 Å². The molecule has 0 spiro atoms. The summed E-state index contributed by atoms with van der Waals surface area (Å²) >= 11 is 0. The predicted molar refractivity (Wildman–Crippen MR) is 177 cm³/mol. The van der Waals surface area contributed by atoms with Crippen LogP contribution < -0.4 is 32.3 Å². The van der Waals surface area contributed by atoms with E-state index in [2.05, 4.69) is 36.6 Å². The van der Waals surface area contributed by atoms with Crippen LogP contribution in [0.5, 0.6) is 0 Å². The summed E-state index contributed by atoms with van der Waals surface area (Å²) in [5.41, 5.74) is 5.09. The maximum atomic E-state index is 13.9. The molecule has 266 valence electrons. The van der Waals surface area contributed by atoms with E-state index in [0.717, 1.165) is 32.1 Å². The average Bonchev–Trinajstić information content (AvgIpc) is 3.07. The highest BCUT2D eigenvalue weighted by molar-refractivity contribution is 6.38. The predicted octanol–water partition coefficient (Wildman–Crippen LogP) is 0.673. The van der Waals surface area contributed by atoms with Gasteiger partial charge in [-0.1, -0.05) is 73.1 Å². The van der Waals surface area contributed by atoms with E-state index in [4.69, 9.17) is 5.73 Å². The van der Waals surface area contributed by atoms with Crippen LogP contribution in [-0.2, 0) is 28.8 Å². The lowest BCUT2D eigenvalue weighted by molar-refractivity contribution is -0.141. The van der Waals surface area contributed by atoms with Crippen LogP contribution in [0.2, 0.25) is 0 Å². The van der Waals surface area contributed by atoms with Crippen molar-refractivity contribution < 1.29 is 33.6 Å². The second-order valence-electron chi connectivity index (χ2n) is 12.9. The van der Waals surface area contributed by atoms with Crippen molar-refractivity contribution in [1.82, 2.24) is 36.6 Å². The van der Waals surface area contributed by atoms with Gasteiger partial charge in [-0.05, 0) is 37.0 Å². The summed E-state index contributed by atoms with van der Waals surface area (Å²) < 4.78 is 0. The van der Waals surface area contributed by atoms with Gasteiger partial charge in [0.15, 0.2) is 0 Å². The van der Waals surface area contributed by atoms with E-state index in [1.54, 1.807) is 13.8 Å². The molecule has 2 rings (SSSR count). The van der Waals surface area contributed by atoms with Crippen molar-refractivity contribution in [1.29, 1.82) is 0 Å². The minimum Gasteiger partial charge on any atom is -0.368 e. The lowest BCUT2D eigenvalue weighted by Crippen LogP contribution is -2.60. The molecular weight excluding hydrogens is 620 g/mol. The first-order valence-corrected chi connectivity index (χ1v) is 16.8. The number of aromatic nitrogens is 2. The average molecular weight is 673 g/mol. The molecule has 0 aromatic carbocycles. The van der Waals surface area contributed by atoms with E-state index in [-0.39, 0.29) is 29.9 Å². The van der Waals surface area contributed by atoms with Gasteiger partial charge in [0, 0.05) is 12.4 Å². The Morgan fingerprint density at radius 1 is 0.812 bits per heavy atom. The molecule has 1 aromatic rings. The quantitative estimate of drug-likeness (QED) is 0.113. The molecule has 0 radical (unpaired) electrons. The van der Waals surface area contributed by atoms with Crippen LogP contribution >= 0.6 is 0 Å². The van der Waals surface area contributed by atoms with Gasteiger partial charge in [-0.15, -0.1) is 0 Å². The number of amides is 6. The van der Waals surface area contributed by atoms with Crippen LogP contribution in [0.3, 0.4) is 0 Å². The highest BCUT2D eigenvalue weighted by atomic mass is 16.2. The topological polar surface area (TPSA) is 231 Å². The maximum Gasteiger partial charge on any atom is 0.290 e. The number of hydrogen-bond acceptors (Lipinski definition) is 9. The molecule has 0 saturated heterocycles. The number of ketones is 1. The molecule has 0 bridgehead atoms. The fraction of sp³-hybridized carbons (Fsp3) is 0.667. The van der Waals surface area contributed by atoms with Gasteiger partial charge in [-0.25, -0.2) is 4.98 Å². The van der Waals surface area contributed by atoms with Crippen LogP contribution in [0.1, 0.15) is 103 Å². The number of carbonyl (C=O) groups is 7. The van der Waals surface area contributed by atoms with Gasteiger partial charge in [0.1, 0.15) is 23.8 Å². The molecule has 6 amide bonds. The normalized spacial score (nSPS) is 16.4. The highest BCUT2D eigenvalue weighted by Crippen LogP contribution is 2.27. The SMILES string of the molecule is CC[C@H](NC(=O)[C@H](CC1CCCCC1)NC(=O)[C@@H](NC(=O)[C@H](CC(C)C)NC(=O)c1cnccn1)[C@H](C)CC)C(=O)C(=O)NCC(N)=O. The van der Waals surface area contributed by atoms with E-state index in [0.29, 0.717) is 19.3 Å². The molecule has 0 unspecified atom stereocenters. The van der Waals surface area contributed by atoms with Crippen molar-refractivity contribution in [2.45, 2.75) is 117 Å². The Balaban J connectivity index is 2.27. The number of hydrogen-bond donors (Lipinski definition) is 6. The van der Waals surface area contributed by atoms with Crippen molar-refractivity contribution in [3.63, 3.8) is 0 Å². The third-order valence-electron chi connectivity index (χ3n) is 8.53. The van der Waals surface area contributed by atoms with Gasteiger partial charge < -0.3 is 32.3 Å². The smallest absolute Gasteiger partial charge is 0.290 e. The largest absolute Gasteiger partial charge is 0.368 e. The Morgan fingerprint density at radius 3 is 2.02 bits per heavy atom. The van der Waals surface area contributed by atoms with Crippen LogP contribution in [0.4, 0.5) is 0 Å². The molecule has 5 atom stereocenters. The molecule has 1 aromatic heterocycles. The van der Waals surface area contributed by atoms with Gasteiger partial charge >= 0.3 is 0 Å². The van der Waals surface area contributed by atoms with E-state index in [1.807, 2.05) is 20.8 Å². The molecule has 1 fully saturated rings. The number of rotatable bonds is 19. The fourth-order valence-electron chi connectivity index (χ4n) is 5.59. The molecule has 1 aliphatic rings. The summed E-state index contributed by atoms with van der Waals surface area (Å²) in [7, 11) is 0. The van der Waals surface area contributed by atoms with Crippen molar-refractivity contribution in [3.8, 4) is 0 Å². The lowest BCUT2D eigenvalue weighted by Gasteiger charge is -2.31. The first-order valence-electron chi connectivity index (χ1n) is 16.8. The van der Waals surface area contributed by atoms with Crippen molar-refractivity contribution in [2.24, 2.45) is 23.5 Å². The van der Waals surface area contributed by atoms with Crippen LogP contribution in [0.25, 0.3) is 0 Å². The summed E-state index contributed by atoms with van der Waals surface area (Å²) in [6, 6.07) is -4.27. The lowest BCUT2D eigenvalue weighted by atomic mass is 9.84. The van der Waals surface area contributed by atoms with Crippen LogP contribution in [-0.4, -0.2) is 81.9 Å². The zero-order chi connectivity index (χ0) is 35.8. The summed E-state index contributed by atoms with van der Waals surface area (Å²) in [5.74, 6) is -5.38. The Morgan fingerprint density at radius 2 is 1.46 bits per heavy atom. The Hall–Kier alpha value is -4.43. The van der Waals surface area contributed by atoms with E-state index in [1.165, 1.54) is 18.6 Å². The van der Waals surface area contributed by atoms with Crippen molar-refractivity contribution in [3.05, 3.63) is 24.3 Å².